The Kier molecular flexibility index (Phi) is 5.26. The van der Waals surface area contributed by atoms with Gasteiger partial charge in [-0.25, -0.2) is 18.6 Å². The summed E-state index contributed by atoms with van der Waals surface area (Å²) in [5, 5.41) is -0.242. The van der Waals surface area contributed by atoms with Crippen molar-refractivity contribution in [1.29, 1.82) is 0 Å². The van der Waals surface area contributed by atoms with Crippen molar-refractivity contribution in [1.82, 2.24) is 19.9 Å². The Morgan fingerprint density at radius 2 is 2.00 bits per heavy atom. The first-order valence-corrected chi connectivity index (χ1v) is 9.67. The van der Waals surface area contributed by atoms with Crippen LogP contribution < -0.4 is 5.48 Å². The van der Waals surface area contributed by atoms with E-state index in [9.17, 15) is 18.4 Å². The number of halogens is 3. The van der Waals surface area contributed by atoms with E-state index in [1.807, 2.05) is 11.9 Å². The van der Waals surface area contributed by atoms with Gasteiger partial charge in [0.15, 0.2) is 5.69 Å². The van der Waals surface area contributed by atoms with Crippen molar-refractivity contribution in [2.75, 3.05) is 13.6 Å². The van der Waals surface area contributed by atoms with Gasteiger partial charge in [0.05, 0.1) is 22.2 Å². The number of nitrogens with one attached hydrogen (secondary N) is 1. The van der Waals surface area contributed by atoms with Gasteiger partial charge in [-0.3, -0.25) is 4.79 Å². The zero-order chi connectivity index (χ0) is 20.7. The van der Waals surface area contributed by atoms with E-state index in [2.05, 4.69) is 10.5 Å². The highest BCUT2D eigenvalue weighted by Crippen LogP contribution is 2.32. The monoisotopic (exact) mass is 424 g/mol. The molecule has 0 bridgehead atoms. The molecule has 29 heavy (non-hydrogen) atoms. The molecule has 7 nitrogen and oxygen atoms in total. The summed E-state index contributed by atoms with van der Waals surface area (Å²) in [6, 6.07) is 1.85. The van der Waals surface area contributed by atoms with Crippen LogP contribution in [0.3, 0.4) is 0 Å². The molecule has 2 heterocycles. The number of benzene rings is 1. The Bertz CT molecular complexity index is 990. The van der Waals surface area contributed by atoms with Crippen molar-refractivity contribution in [3.63, 3.8) is 0 Å². The Morgan fingerprint density at radius 3 is 2.72 bits per heavy atom. The minimum atomic E-state index is -0.875. The summed E-state index contributed by atoms with van der Waals surface area (Å²) in [5.74, 6) is -2.89. The van der Waals surface area contributed by atoms with Crippen LogP contribution in [-0.4, -0.2) is 39.9 Å². The largest absolute Gasteiger partial charge is 0.340 e. The van der Waals surface area contributed by atoms with Crippen LogP contribution in [0.25, 0.3) is 11.4 Å². The van der Waals surface area contributed by atoms with Gasteiger partial charge in [0.25, 0.3) is 0 Å². The van der Waals surface area contributed by atoms with Gasteiger partial charge in [-0.2, -0.15) is 5.48 Å². The van der Waals surface area contributed by atoms with Gasteiger partial charge in [0, 0.05) is 19.2 Å². The minimum Gasteiger partial charge on any atom is -0.340 e. The zero-order valence-corrected chi connectivity index (χ0v) is 16.4. The molecule has 1 fully saturated rings. The van der Waals surface area contributed by atoms with Crippen LogP contribution in [0.1, 0.15) is 35.4 Å². The third kappa shape index (κ3) is 3.97. The number of amides is 1. The van der Waals surface area contributed by atoms with Gasteiger partial charge in [0.1, 0.15) is 17.5 Å². The molecule has 1 saturated carbocycles. The molecule has 2 aliphatic rings. The van der Waals surface area contributed by atoms with Crippen LogP contribution in [0, 0.1) is 17.6 Å². The number of rotatable bonds is 3. The Balaban J connectivity index is 1.73. The molecule has 1 aromatic heterocycles. The molecule has 0 atom stereocenters. The molecular weight excluding hydrogens is 406 g/mol. The van der Waals surface area contributed by atoms with Gasteiger partial charge in [-0.1, -0.05) is 11.6 Å². The van der Waals surface area contributed by atoms with E-state index in [1.54, 1.807) is 4.57 Å². The molecule has 0 saturated heterocycles. The molecule has 1 amide bonds. The number of aromatic nitrogens is 2. The molecule has 154 valence electrons. The highest BCUT2D eigenvalue weighted by atomic mass is 35.5. The summed E-state index contributed by atoms with van der Waals surface area (Å²) in [6.07, 6.45) is 2.24. The summed E-state index contributed by atoms with van der Waals surface area (Å²) in [6.45, 7) is 1.65. The maximum atomic E-state index is 14.5. The van der Waals surface area contributed by atoms with Crippen LogP contribution in [-0.2, 0) is 22.7 Å². The predicted molar refractivity (Wildman–Crippen MR) is 99.8 cm³/mol. The normalized spacial score (nSPS) is 16.8. The average molecular weight is 425 g/mol. The van der Waals surface area contributed by atoms with Crippen molar-refractivity contribution in [3.05, 3.63) is 40.2 Å². The van der Waals surface area contributed by atoms with E-state index in [-0.39, 0.29) is 28.0 Å². The highest BCUT2D eigenvalue weighted by molar-refractivity contribution is 6.31. The van der Waals surface area contributed by atoms with Gasteiger partial charge in [-0.15, -0.1) is 0 Å². The fraction of sp³-hybridized carbons (Fsp3) is 0.421. The Hall–Kier alpha value is -2.52. The summed E-state index contributed by atoms with van der Waals surface area (Å²) in [5.41, 5.74) is 2.72. The first kappa shape index (κ1) is 19.8. The molecular formula is C19H19ClF2N4O3. The van der Waals surface area contributed by atoms with Gasteiger partial charge < -0.3 is 14.3 Å². The summed E-state index contributed by atoms with van der Waals surface area (Å²) < 4.78 is 29.8. The second-order valence-electron chi connectivity index (χ2n) is 7.35. The third-order valence-corrected chi connectivity index (χ3v) is 5.32. The molecule has 1 N–H and O–H groups in total. The molecule has 1 aromatic carbocycles. The van der Waals surface area contributed by atoms with Gasteiger partial charge in [0.2, 0.25) is 0 Å². The Morgan fingerprint density at radius 1 is 1.24 bits per heavy atom. The molecule has 0 radical (unpaired) electrons. The Labute approximate surface area is 170 Å². The number of carbonyl (C=O) groups excluding carboxylic acids is 2. The predicted octanol–water partition coefficient (Wildman–Crippen LogP) is 2.92. The average Bonchev–Trinajstić information content (AvgIpc) is 3.49. The van der Waals surface area contributed by atoms with Gasteiger partial charge >= 0.3 is 11.9 Å². The smallest absolute Gasteiger partial charge is 0.335 e. The quantitative estimate of drug-likeness (QED) is 0.605. The van der Waals surface area contributed by atoms with E-state index in [0.29, 0.717) is 24.8 Å². The van der Waals surface area contributed by atoms with E-state index >= 15 is 0 Å². The number of imidazole rings is 1. The van der Waals surface area contributed by atoms with Gasteiger partial charge in [-0.05, 0) is 38.9 Å². The first-order valence-electron chi connectivity index (χ1n) is 9.29. The highest BCUT2D eigenvalue weighted by Gasteiger charge is 2.33. The lowest BCUT2D eigenvalue weighted by atomic mass is 10.2. The van der Waals surface area contributed by atoms with E-state index in [4.69, 9.17) is 16.4 Å². The second-order valence-corrected chi connectivity index (χ2v) is 7.75. The molecule has 2 aromatic rings. The standard InChI is InChI=1S/C19H19ClF2N4O3/c1-25-5-2-6-26-15(9-25)16(18(27)24-29-19(28)10-3-4-10)23-17(26)11-7-12(20)14(22)8-13(11)21/h7-8,10H,2-6,9H2,1H3,(H,24,27). The van der Waals surface area contributed by atoms with Crippen molar-refractivity contribution >= 4 is 23.5 Å². The summed E-state index contributed by atoms with van der Waals surface area (Å²) in [4.78, 5) is 35.6. The van der Waals surface area contributed by atoms with Crippen molar-refractivity contribution in [3.8, 4) is 11.4 Å². The molecule has 1 aliphatic carbocycles. The molecule has 0 spiro atoms. The molecule has 10 heteroatoms. The lowest BCUT2D eigenvalue weighted by molar-refractivity contribution is -0.150. The summed E-state index contributed by atoms with van der Waals surface area (Å²) >= 11 is 5.84. The van der Waals surface area contributed by atoms with Crippen LogP contribution in [0.15, 0.2) is 12.1 Å². The van der Waals surface area contributed by atoms with E-state index in [0.717, 1.165) is 31.9 Å². The first-order chi connectivity index (χ1) is 13.8. The number of fused-ring (bicyclic) bond motifs is 1. The number of carbonyl (C=O) groups is 2. The zero-order valence-electron chi connectivity index (χ0n) is 15.7. The SMILES string of the molecule is CN1CCCn2c(-c3cc(Cl)c(F)cc3F)nc(C(=O)NOC(=O)C3CC3)c2C1. The topological polar surface area (TPSA) is 76.5 Å². The lowest BCUT2D eigenvalue weighted by Crippen LogP contribution is -2.29. The molecule has 4 rings (SSSR count). The second kappa shape index (κ2) is 7.72. The number of nitrogens with zero attached hydrogens (tertiary/aromatic N) is 3. The third-order valence-electron chi connectivity index (χ3n) is 5.03. The van der Waals surface area contributed by atoms with Crippen LogP contribution in [0.4, 0.5) is 8.78 Å². The fourth-order valence-electron chi connectivity index (χ4n) is 3.35. The number of hydrogen-bond acceptors (Lipinski definition) is 5. The fourth-order valence-corrected chi connectivity index (χ4v) is 3.51. The van der Waals surface area contributed by atoms with Crippen LogP contribution in [0.2, 0.25) is 5.02 Å². The maximum absolute atomic E-state index is 14.5. The number of hydrogen-bond donors (Lipinski definition) is 1. The minimum absolute atomic E-state index is 0.00349. The van der Waals surface area contributed by atoms with Crippen molar-refractivity contribution in [2.45, 2.75) is 32.4 Å². The molecule has 0 unspecified atom stereocenters. The van der Waals surface area contributed by atoms with Crippen molar-refractivity contribution in [2.24, 2.45) is 5.92 Å². The van der Waals surface area contributed by atoms with Crippen molar-refractivity contribution < 1.29 is 23.2 Å². The lowest BCUT2D eigenvalue weighted by Gasteiger charge is -2.13. The number of hydroxylamine groups is 1. The molecule has 1 aliphatic heterocycles. The van der Waals surface area contributed by atoms with Crippen LogP contribution in [0.5, 0.6) is 0 Å². The van der Waals surface area contributed by atoms with E-state index in [1.165, 1.54) is 0 Å². The van der Waals surface area contributed by atoms with E-state index < -0.39 is 23.5 Å². The maximum Gasteiger partial charge on any atom is 0.335 e. The van der Waals surface area contributed by atoms with Crippen LogP contribution >= 0.6 is 11.6 Å². The summed E-state index contributed by atoms with van der Waals surface area (Å²) in [7, 11) is 1.90.